The summed E-state index contributed by atoms with van der Waals surface area (Å²) < 4.78 is 45.6. The third-order valence-electron chi connectivity index (χ3n) is 5.60. The Labute approximate surface area is 185 Å². The molecule has 0 aliphatic carbocycles. The van der Waals surface area contributed by atoms with E-state index in [9.17, 15) is 18.0 Å². The van der Waals surface area contributed by atoms with Crippen molar-refractivity contribution in [2.75, 3.05) is 23.3 Å². The molecule has 0 radical (unpaired) electrons. The fourth-order valence-corrected chi connectivity index (χ4v) is 3.83. The number of carbonyl (C=O) groups excluding carboxylic acids is 1. The Kier molecular flexibility index (Phi) is 5.19. The lowest BCUT2D eigenvalue weighted by Gasteiger charge is -2.33. The molecule has 9 nitrogen and oxygen atoms in total. The van der Waals surface area contributed by atoms with E-state index in [2.05, 4.69) is 25.4 Å². The molecular weight excluding hydrogens is 439 g/mol. The number of hydrogen-bond donors (Lipinski definition) is 1. The zero-order valence-corrected chi connectivity index (χ0v) is 17.2. The number of rotatable bonds is 4. The maximum Gasteiger partial charge on any atom is 0.391 e. The summed E-state index contributed by atoms with van der Waals surface area (Å²) in [5.41, 5.74) is 1.21. The predicted octanol–water partition coefficient (Wildman–Crippen LogP) is 3.81. The van der Waals surface area contributed by atoms with Crippen molar-refractivity contribution in [3.8, 4) is 11.3 Å². The van der Waals surface area contributed by atoms with Gasteiger partial charge >= 0.3 is 6.18 Å². The van der Waals surface area contributed by atoms with Crippen LogP contribution in [0.5, 0.6) is 0 Å². The van der Waals surface area contributed by atoms with Crippen molar-refractivity contribution in [1.82, 2.24) is 24.6 Å². The van der Waals surface area contributed by atoms with Gasteiger partial charge in [0.05, 0.1) is 18.3 Å². The van der Waals surface area contributed by atoms with Crippen molar-refractivity contribution in [3.63, 3.8) is 0 Å². The molecular formula is C21H18F3N7O2. The third-order valence-corrected chi connectivity index (χ3v) is 5.60. The Morgan fingerprint density at radius 2 is 2.00 bits per heavy atom. The first-order valence-electron chi connectivity index (χ1n) is 10.2. The van der Waals surface area contributed by atoms with Gasteiger partial charge in [-0.1, -0.05) is 0 Å². The topological polar surface area (TPSA) is 101 Å². The number of pyridine rings is 1. The highest BCUT2D eigenvalue weighted by Crippen LogP contribution is 2.35. The van der Waals surface area contributed by atoms with Gasteiger partial charge in [-0.2, -0.15) is 18.3 Å². The molecule has 1 aliphatic heterocycles. The van der Waals surface area contributed by atoms with Crippen LogP contribution in [0.4, 0.5) is 24.8 Å². The van der Waals surface area contributed by atoms with Crippen LogP contribution in [0.2, 0.25) is 0 Å². The van der Waals surface area contributed by atoms with Crippen LogP contribution in [0.15, 0.2) is 53.8 Å². The van der Waals surface area contributed by atoms with Gasteiger partial charge in [0.15, 0.2) is 17.8 Å². The minimum atomic E-state index is -4.18. The first kappa shape index (κ1) is 20.9. The summed E-state index contributed by atoms with van der Waals surface area (Å²) in [6, 6.07) is 5.05. The summed E-state index contributed by atoms with van der Waals surface area (Å²) in [6.45, 7) is 0.475. The van der Waals surface area contributed by atoms with Crippen molar-refractivity contribution in [1.29, 1.82) is 0 Å². The molecule has 4 aromatic heterocycles. The fourth-order valence-electron chi connectivity index (χ4n) is 3.83. The number of aromatic nitrogens is 5. The molecule has 0 unspecified atom stereocenters. The van der Waals surface area contributed by atoms with E-state index >= 15 is 0 Å². The maximum atomic E-state index is 13.0. The molecule has 0 aromatic carbocycles. The number of amides is 1. The van der Waals surface area contributed by atoms with Gasteiger partial charge in [-0.3, -0.25) is 4.79 Å². The number of carbonyl (C=O) groups is 1. The number of fused-ring (bicyclic) bond motifs is 1. The molecule has 0 saturated carbocycles. The van der Waals surface area contributed by atoms with Gasteiger partial charge in [0, 0.05) is 31.0 Å². The Hall–Kier alpha value is -3.96. The molecule has 0 spiro atoms. The minimum Gasteiger partial charge on any atom is -0.444 e. The van der Waals surface area contributed by atoms with Gasteiger partial charge in [-0.25, -0.2) is 19.5 Å². The Morgan fingerprint density at radius 1 is 1.18 bits per heavy atom. The number of anilines is 2. The first-order chi connectivity index (χ1) is 15.9. The van der Waals surface area contributed by atoms with Gasteiger partial charge in [0.25, 0.3) is 5.91 Å². The van der Waals surface area contributed by atoms with Crippen LogP contribution in [0.25, 0.3) is 17.0 Å². The van der Waals surface area contributed by atoms with E-state index < -0.39 is 18.0 Å². The molecule has 33 heavy (non-hydrogen) atoms. The molecule has 1 aliphatic rings. The van der Waals surface area contributed by atoms with Gasteiger partial charge in [0.1, 0.15) is 17.2 Å². The van der Waals surface area contributed by atoms with Crippen molar-refractivity contribution in [2.24, 2.45) is 5.92 Å². The van der Waals surface area contributed by atoms with Gasteiger partial charge in [-0.15, -0.1) is 0 Å². The largest absolute Gasteiger partial charge is 0.444 e. The molecule has 0 bridgehead atoms. The summed E-state index contributed by atoms with van der Waals surface area (Å²) in [5.74, 6) is -0.423. The molecule has 4 aromatic rings. The number of piperidine rings is 1. The number of oxazole rings is 1. The van der Waals surface area contributed by atoms with E-state index in [1.807, 2.05) is 0 Å². The van der Waals surface area contributed by atoms with Crippen LogP contribution in [0.1, 0.15) is 23.2 Å². The molecule has 5 rings (SSSR count). The lowest BCUT2D eigenvalue weighted by Crippen LogP contribution is -2.39. The van der Waals surface area contributed by atoms with Gasteiger partial charge in [0.2, 0.25) is 0 Å². The summed E-state index contributed by atoms with van der Waals surface area (Å²) in [7, 11) is 0. The molecule has 1 fully saturated rings. The SMILES string of the molecule is O=C(Nc1cc(-c2cnco2)ccn1)c1cnn2ccc(N3CCC(C(F)(F)F)CC3)nc12. The monoisotopic (exact) mass is 457 g/mol. The smallest absolute Gasteiger partial charge is 0.391 e. The van der Waals surface area contributed by atoms with Gasteiger partial charge < -0.3 is 14.6 Å². The molecule has 1 N–H and O–H groups in total. The molecule has 12 heteroatoms. The highest BCUT2D eigenvalue weighted by Gasteiger charge is 2.41. The lowest BCUT2D eigenvalue weighted by atomic mass is 9.96. The van der Waals surface area contributed by atoms with E-state index in [4.69, 9.17) is 4.42 Å². The number of alkyl halides is 3. The maximum absolute atomic E-state index is 13.0. The zero-order valence-electron chi connectivity index (χ0n) is 17.2. The fraction of sp³-hybridized carbons (Fsp3) is 0.286. The molecule has 1 saturated heterocycles. The normalized spacial score (nSPS) is 15.2. The first-order valence-corrected chi connectivity index (χ1v) is 10.2. The van der Waals surface area contributed by atoms with Crippen molar-refractivity contribution < 1.29 is 22.4 Å². The highest BCUT2D eigenvalue weighted by atomic mass is 19.4. The predicted molar refractivity (Wildman–Crippen MR) is 112 cm³/mol. The molecule has 0 atom stereocenters. The van der Waals surface area contributed by atoms with E-state index in [0.717, 1.165) is 0 Å². The van der Waals surface area contributed by atoms with Crippen molar-refractivity contribution in [2.45, 2.75) is 19.0 Å². The van der Waals surface area contributed by atoms with Gasteiger partial charge in [-0.05, 0) is 31.0 Å². The number of nitrogens with zero attached hydrogens (tertiary/aromatic N) is 6. The molecule has 5 heterocycles. The van der Waals surface area contributed by atoms with E-state index in [-0.39, 0.29) is 31.5 Å². The minimum absolute atomic E-state index is 0.0101. The van der Waals surface area contributed by atoms with Crippen LogP contribution in [0, 0.1) is 5.92 Å². The Bertz CT molecular complexity index is 1280. The average molecular weight is 457 g/mol. The summed E-state index contributed by atoms with van der Waals surface area (Å²) in [4.78, 5) is 27.2. The van der Waals surface area contributed by atoms with Crippen LogP contribution in [-0.4, -0.2) is 49.7 Å². The standard InChI is InChI=1S/C21H18F3N7O2/c22-21(23,24)14-2-6-30(7-3-14)18-4-8-31-19(29-18)15(10-27-31)20(32)28-17-9-13(1-5-26-17)16-11-25-12-33-16/h1,4-5,8-12,14H,2-3,6-7H2,(H,26,28,32). The average Bonchev–Trinajstić information content (AvgIpc) is 3.49. The number of hydrogen-bond acceptors (Lipinski definition) is 7. The molecule has 170 valence electrons. The quantitative estimate of drug-likeness (QED) is 0.497. The number of halogens is 3. The summed E-state index contributed by atoms with van der Waals surface area (Å²) in [5, 5.41) is 6.87. The van der Waals surface area contributed by atoms with E-state index in [1.54, 1.807) is 35.5 Å². The second kappa shape index (κ2) is 8.19. The highest BCUT2D eigenvalue weighted by molar-refractivity contribution is 6.07. The van der Waals surface area contributed by atoms with E-state index in [1.165, 1.54) is 23.3 Å². The van der Waals surface area contributed by atoms with Crippen LogP contribution in [-0.2, 0) is 0 Å². The molecule has 1 amide bonds. The van der Waals surface area contributed by atoms with Crippen molar-refractivity contribution >= 4 is 23.2 Å². The second-order valence-corrected chi connectivity index (χ2v) is 7.66. The Morgan fingerprint density at radius 3 is 2.73 bits per heavy atom. The van der Waals surface area contributed by atoms with Crippen molar-refractivity contribution in [3.05, 3.63) is 54.9 Å². The Balaban J connectivity index is 1.35. The van der Waals surface area contributed by atoms with Crippen LogP contribution in [0.3, 0.4) is 0 Å². The zero-order chi connectivity index (χ0) is 23.0. The second-order valence-electron chi connectivity index (χ2n) is 7.66. The van der Waals surface area contributed by atoms with Crippen LogP contribution < -0.4 is 10.2 Å². The lowest BCUT2D eigenvalue weighted by molar-refractivity contribution is -0.179. The van der Waals surface area contributed by atoms with E-state index in [0.29, 0.717) is 28.6 Å². The summed E-state index contributed by atoms with van der Waals surface area (Å²) in [6.07, 6.45) is 3.25. The number of nitrogens with one attached hydrogen (secondary N) is 1. The third kappa shape index (κ3) is 4.23. The van der Waals surface area contributed by atoms with Crippen LogP contribution >= 0.6 is 0 Å². The summed E-state index contributed by atoms with van der Waals surface area (Å²) >= 11 is 0.